The van der Waals surface area contributed by atoms with Crippen LogP contribution in [0.2, 0.25) is 0 Å². The van der Waals surface area contributed by atoms with Crippen molar-refractivity contribution in [2.75, 3.05) is 13.2 Å². The van der Waals surface area contributed by atoms with Crippen molar-refractivity contribution >= 4 is 0 Å². The van der Waals surface area contributed by atoms with Crippen LogP contribution in [0.1, 0.15) is 0 Å². The molecule has 14 heavy (non-hydrogen) atoms. The van der Waals surface area contributed by atoms with Crippen molar-refractivity contribution in [2.45, 2.75) is 0 Å². The molecule has 1 aromatic rings. The zero-order valence-corrected chi connectivity index (χ0v) is 7.73. The molecule has 0 saturated heterocycles. The van der Waals surface area contributed by atoms with Crippen LogP contribution in [0.25, 0.3) is 0 Å². The molecule has 0 saturated carbocycles. The number of nitrogens with zero attached hydrogens (tertiary/aromatic N) is 2. The lowest BCUT2D eigenvalue weighted by atomic mass is 10.6. The smallest absolute Gasteiger partial charge is 0.350 e. The van der Waals surface area contributed by atoms with Gasteiger partial charge in [-0.3, -0.25) is 0 Å². The summed E-state index contributed by atoms with van der Waals surface area (Å²) in [5, 5.41) is 8.35. The van der Waals surface area contributed by atoms with Crippen LogP contribution in [0, 0.1) is 11.8 Å². The number of aryl methyl sites for hydroxylation is 1. The molecule has 74 valence electrons. The average Bonchev–Trinajstić information content (AvgIpc) is 2.18. The van der Waals surface area contributed by atoms with Gasteiger partial charge in [-0.2, -0.15) is 4.98 Å². The molecular formula is C9H10N2O3. The van der Waals surface area contributed by atoms with Crippen molar-refractivity contribution < 1.29 is 9.84 Å². The Hall–Kier alpha value is -1.80. The first-order chi connectivity index (χ1) is 6.74. The highest BCUT2D eigenvalue weighted by atomic mass is 16.5. The Kier molecular flexibility index (Phi) is 3.70. The van der Waals surface area contributed by atoms with Crippen LogP contribution in [0.3, 0.4) is 0 Å². The van der Waals surface area contributed by atoms with E-state index in [2.05, 4.69) is 16.8 Å². The number of aliphatic hydroxyl groups excluding tert-OH is 1. The Morgan fingerprint density at radius 2 is 2.43 bits per heavy atom. The molecule has 1 aromatic heterocycles. The van der Waals surface area contributed by atoms with Gasteiger partial charge >= 0.3 is 5.69 Å². The Morgan fingerprint density at radius 3 is 3.07 bits per heavy atom. The van der Waals surface area contributed by atoms with Crippen LogP contribution in [-0.2, 0) is 7.05 Å². The van der Waals surface area contributed by atoms with Crippen molar-refractivity contribution in [3.63, 3.8) is 0 Å². The second-order valence-electron chi connectivity index (χ2n) is 2.46. The molecule has 0 unspecified atom stereocenters. The quantitative estimate of drug-likeness (QED) is 0.623. The van der Waals surface area contributed by atoms with Gasteiger partial charge in [-0.15, -0.1) is 0 Å². The predicted octanol–water partition coefficient (Wildman–Crippen LogP) is -0.845. The molecular weight excluding hydrogens is 184 g/mol. The predicted molar refractivity (Wildman–Crippen MR) is 49.8 cm³/mol. The third-order valence-corrected chi connectivity index (χ3v) is 1.44. The van der Waals surface area contributed by atoms with E-state index in [-0.39, 0.29) is 24.8 Å². The number of aliphatic hydroxyl groups is 1. The van der Waals surface area contributed by atoms with Crippen molar-refractivity contribution in [1.29, 1.82) is 0 Å². The van der Waals surface area contributed by atoms with Gasteiger partial charge in [0.05, 0.1) is 0 Å². The van der Waals surface area contributed by atoms with E-state index >= 15 is 0 Å². The van der Waals surface area contributed by atoms with Crippen LogP contribution < -0.4 is 10.4 Å². The van der Waals surface area contributed by atoms with Gasteiger partial charge in [0.25, 0.3) is 0 Å². The monoisotopic (exact) mass is 194 g/mol. The summed E-state index contributed by atoms with van der Waals surface area (Å²) in [4.78, 5) is 14.6. The van der Waals surface area contributed by atoms with E-state index in [1.807, 2.05) is 0 Å². The molecule has 5 nitrogen and oxygen atoms in total. The molecule has 0 spiro atoms. The lowest BCUT2D eigenvalue weighted by molar-refractivity contribution is 0.343. The van der Waals surface area contributed by atoms with Crippen LogP contribution >= 0.6 is 0 Å². The minimum absolute atomic E-state index is 0.112. The van der Waals surface area contributed by atoms with E-state index in [0.29, 0.717) is 0 Å². The Bertz CT molecular complexity index is 414. The average molecular weight is 194 g/mol. The van der Waals surface area contributed by atoms with E-state index < -0.39 is 0 Å². The third-order valence-electron chi connectivity index (χ3n) is 1.44. The molecule has 0 atom stereocenters. The first-order valence-corrected chi connectivity index (χ1v) is 3.97. The first-order valence-electron chi connectivity index (χ1n) is 3.97. The molecule has 0 bridgehead atoms. The highest BCUT2D eigenvalue weighted by Crippen LogP contribution is 1.99. The minimum Gasteiger partial charge on any atom is -0.464 e. The summed E-state index contributed by atoms with van der Waals surface area (Å²) in [7, 11) is 1.60. The molecule has 0 fully saturated rings. The highest BCUT2D eigenvalue weighted by molar-refractivity contribution is 5.08. The second-order valence-corrected chi connectivity index (χ2v) is 2.46. The number of hydrogen-bond donors (Lipinski definition) is 1. The lowest BCUT2D eigenvalue weighted by Gasteiger charge is -2.00. The van der Waals surface area contributed by atoms with Gasteiger partial charge in [0, 0.05) is 19.3 Å². The van der Waals surface area contributed by atoms with Gasteiger partial charge in [0.2, 0.25) is 5.88 Å². The van der Waals surface area contributed by atoms with Gasteiger partial charge < -0.3 is 14.4 Å². The van der Waals surface area contributed by atoms with Crippen molar-refractivity contribution in [2.24, 2.45) is 7.05 Å². The summed E-state index contributed by atoms with van der Waals surface area (Å²) in [6.07, 6.45) is 1.56. The summed E-state index contributed by atoms with van der Waals surface area (Å²) < 4.78 is 6.37. The summed E-state index contributed by atoms with van der Waals surface area (Å²) in [5.74, 6) is 5.20. The van der Waals surface area contributed by atoms with Gasteiger partial charge in [0.1, 0.15) is 6.61 Å². The molecule has 0 amide bonds. The number of ether oxygens (including phenoxy) is 1. The molecule has 1 rings (SSSR count). The van der Waals surface area contributed by atoms with E-state index in [4.69, 9.17) is 9.84 Å². The Balaban J connectivity index is 2.60. The van der Waals surface area contributed by atoms with Crippen LogP contribution in [0.4, 0.5) is 0 Å². The molecule has 0 aliphatic rings. The summed E-state index contributed by atoms with van der Waals surface area (Å²) in [6, 6.07) is 1.57. The van der Waals surface area contributed by atoms with Gasteiger partial charge in [0.15, 0.2) is 6.61 Å². The van der Waals surface area contributed by atoms with E-state index in [1.165, 1.54) is 4.57 Å². The summed E-state index contributed by atoms with van der Waals surface area (Å²) in [5.41, 5.74) is -0.377. The van der Waals surface area contributed by atoms with E-state index in [1.54, 1.807) is 19.3 Å². The molecule has 1 N–H and O–H groups in total. The largest absolute Gasteiger partial charge is 0.464 e. The molecule has 0 aromatic carbocycles. The Morgan fingerprint density at radius 1 is 1.64 bits per heavy atom. The normalized spacial score (nSPS) is 9.00. The number of aromatic nitrogens is 2. The molecule has 0 aliphatic heterocycles. The maximum absolute atomic E-state index is 11.0. The van der Waals surface area contributed by atoms with Crippen LogP contribution in [0.5, 0.6) is 5.88 Å². The van der Waals surface area contributed by atoms with E-state index in [0.717, 1.165) is 0 Å². The zero-order chi connectivity index (χ0) is 10.4. The van der Waals surface area contributed by atoms with E-state index in [9.17, 15) is 4.79 Å². The van der Waals surface area contributed by atoms with Gasteiger partial charge in [-0.05, 0) is 0 Å². The Labute approximate surface area is 81.0 Å². The fourth-order valence-electron chi connectivity index (χ4n) is 0.747. The van der Waals surface area contributed by atoms with Gasteiger partial charge in [-0.1, -0.05) is 11.8 Å². The van der Waals surface area contributed by atoms with Gasteiger partial charge in [-0.25, -0.2) is 4.79 Å². The molecule has 5 heteroatoms. The zero-order valence-electron chi connectivity index (χ0n) is 7.73. The molecule has 0 radical (unpaired) electrons. The lowest BCUT2D eigenvalue weighted by Crippen LogP contribution is -2.19. The molecule has 1 heterocycles. The third kappa shape index (κ3) is 2.92. The fraction of sp³-hybridized carbons (Fsp3) is 0.333. The minimum atomic E-state index is -0.377. The first kappa shape index (κ1) is 10.3. The fourth-order valence-corrected chi connectivity index (χ4v) is 0.747. The maximum Gasteiger partial charge on any atom is 0.350 e. The molecule has 0 aliphatic carbocycles. The van der Waals surface area contributed by atoms with Crippen molar-refractivity contribution in [1.82, 2.24) is 9.55 Å². The van der Waals surface area contributed by atoms with Crippen LogP contribution in [-0.4, -0.2) is 27.9 Å². The maximum atomic E-state index is 11.0. The summed E-state index contributed by atoms with van der Waals surface area (Å²) >= 11 is 0. The number of rotatable bonds is 2. The number of hydrogen-bond acceptors (Lipinski definition) is 4. The SMILES string of the molecule is Cn1ccc(OCC#CCO)nc1=O. The van der Waals surface area contributed by atoms with Crippen LogP contribution in [0.15, 0.2) is 17.1 Å². The standard InChI is InChI=1S/C9H10N2O3/c1-11-5-4-8(10-9(11)13)14-7-3-2-6-12/h4-5,12H,6-7H2,1H3. The second kappa shape index (κ2) is 5.04. The summed E-state index contributed by atoms with van der Waals surface area (Å²) in [6.45, 7) is -0.0892. The highest BCUT2D eigenvalue weighted by Gasteiger charge is 1.95. The van der Waals surface area contributed by atoms with Crippen molar-refractivity contribution in [3.05, 3.63) is 22.7 Å². The topological polar surface area (TPSA) is 64.3 Å². The van der Waals surface area contributed by atoms with Crippen molar-refractivity contribution in [3.8, 4) is 17.7 Å².